The van der Waals surface area contributed by atoms with E-state index in [0.717, 1.165) is 10.0 Å². The molecule has 0 atom stereocenters. The summed E-state index contributed by atoms with van der Waals surface area (Å²) in [7, 11) is -0.841. The molecule has 0 amide bonds. The molecule has 0 saturated carbocycles. The summed E-state index contributed by atoms with van der Waals surface area (Å²) < 4.78 is 38.8. The predicted octanol–water partition coefficient (Wildman–Crippen LogP) is 3.58. The van der Waals surface area contributed by atoms with Crippen LogP contribution in [-0.2, 0) is 10.0 Å². The molecule has 0 bridgehead atoms. The fraction of sp³-hybridized carbons (Fsp3) is 0.200. The lowest BCUT2D eigenvalue weighted by atomic mass is 10.2. The van der Waals surface area contributed by atoms with E-state index in [0.29, 0.717) is 11.4 Å². The van der Waals surface area contributed by atoms with Gasteiger partial charge in [-0.15, -0.1) is 0 Å². The van der Waals surface area contributed by atoms with Crippen molar-refractivity contribution < 1.29 is 17.9 Å². The van der Waals surface area contributed by atoms with Gasteiger partial charge in [-0.2, -0.15) is 0 Å². The van der Waals surface area contributed by atoms with E-state index in [9.17, 15) is 8.42 Å². The first kappa shape index (κ1) is 16.6. The van der Waals surface area contributed by atoms with E-state index >= 15 is 0 Å². The molecule has 0 spiro atoms. The maximum absolute atomic E-state index is 12.6. The van der Waals surface area contributed by atoms with E-state index in [-0.39, 0.29) is 10.6 Å². The monoisotopic (exact) mass is 385 g/mol. The molecule has 0 aromatic heterocycles. The lowest BCUT2D eigenvalue weighted by molar-refractivity contribution is 0.386. The third-order valence-corrected chi connectivity index (χ3v) is 4.99. The van der Waals surface area contributed by atoms with Crippen LogP contribution in [0.2, 0.25) is 0 Å². The summed E-state index contributed by atoms with van der Waals surface area (Å²) in [6, 6.07) is 9.87. The van der Waals surface area contributed by atoms with Gasteiger partial charge in [0.2, 0.25) is 0 Å². The Labute approximate surface area is 138 Å². The van der Waals surface area contributed by atoms with Crippen LogP contribution in [0.15, 0.2) is 45.8 Å². The molecule has 5 nitrogen and oxygen atoms in total. The quantitative estimate of drug-likeness (QED) is 0.853. The van der Waals surface area contributed by atoms with Gasteiger partial charge >= 0.3 is 0 Å². The molecule has 0 aliphatic rings. The number of sulfonamides is 1. The first-order chi connectivity index (χ1) is 10.4. The zero-order valence-corrected chi connectivity index (χ0v) is 14.8. The Morgan fingerprint density at radius 1 is 1.05 bits per heavy atom. The minimum Gasteiger partial charge on any atom is -0.497 e. The average molecular weight is 386 g/mol. The number of hydrogen-bond acceptors (Lipinski definition) is 4. The summed E-state index contributed by atoms with van der Waals surface area (Å²) in [5, 5.41) is 0. The maximum atomic E-state index is 12.6. The van der Waals surface area contributed by atoms with Gasteiger partial charge in [0.05, 0.1) is 19.9 Å². The van der Waals surface area contributed by atoms with E-state index in [4.69, 9.17) is 9.47 Å². The molecule has 0 heterocycles. The van der Waals surface area contributed by atoms with Gasteiger partial charge in [0.25, 0.3) is 10.0 Å². The van der Waals surface area contributed by atoms with Gasteiger partial charge in [-0.25, -0.2) is 8.42 Å². The van der Waals surface area contributed by atoms with Crippen LogP contribution >= 0.6 is 15.9 Å². The van der Waals surface area contributed by atoms with Crippen LogP contribution in [0, 0.1) is 6.92 Å². The second kappa shape index (κ2) is 6.58. The van der Waals surface area contributed by atoms with Crippen molar-refractivity contribution in [2.45, 2.75) is 11.8 Å². The molecule has 0 fully saturated rings. The normalized spacial score (nSPS) is 11.1. The van der Waals surface area contributed by atoms with Crippen molar-refractivity contribution >= 4 is 31.6 Å². The minimum atomic E-state index is -3.76. The zero-order chi connectivity index (χ0) is 16.3. The molecule has 0 aliphatic heterocycles. The first-order valence-electron chi connectivity index (χ1n) is 6.38. The Morgan fingerprint density at radius 2 is 1.77 bits per heavy atom. The van der Waals surface area contributed by atoms with Crippen molar-refractivity contribution in [2.24, 2.45) is 0 Å². The molecule has 22 heavy (non-hydrogen) atoms. The highest BCUT2D eigenvalue weighted by atomic mass is 79.9. The Bertz CT molecular complexity index is 790. The third-order valence-electron chi connectivity index (χ3n) is 3.09. The number of anilines is 1. The van der Waals surface area contributed by atoms with Gasteiger partial charge < -0.3 is 9.47 Å². The van der Waals surface area contributed by atoms with Crippen LogP contribution in [0.1, 0.15) is 5.56 Å². The SMILES string of the molecule is COc1ccc(S(=O)(=O)Nc2ccc(Br)cc2C)c(OC)c1. The summed E-state index contributed by atoms with van der Waals surface area (Å²) >= 11 is 3.35. The molecule has 0 saturated heterocycles. The van der Waals surface area contributed by atoms with E-state index in [1.807, 2.05) is 13.0 Å². The first-order valence-corrected chi connectivity index (χ1v) is 8.66. The van der Waals surface area contributed by atoms with Crippen LogP contribution in [-0.4, -0.2) is 22.6 Å². The number of aryl methyl sites for hydroxylation is 1. The van der Waals surface area contributed by atoms with Crippen molar-refractivity contribution in [3.05, 3.63) is 46.4 Å². The van der Waals surface area contributed by atoms with Crippen molar-refractivity contribution in [1.82, 2.24) is 0 Å². The highest BCUT2D eigenvalue weighted by molar-refractivity contribution is 9.10. The summed E-state index contributed by atoms with van der Waals surface area (Å²) in [6.07, 6.45) is 0. The van der Waals surface area contributed by atoms with Crippen LogP contribution in [0.25, 0.3) is 0 Å². The number of benzene rings is 2. The average Bonchev–Trinajstić information content (AvgIpc) is 2.49. The van der Waals surface area contributed by atoms with E-state index in [1.54, 1.807) is 18.2 Å². The van der Waals surface area contributed by atoms with Crippen molar-refractivity contribution in [3.8, 4) is 11.5 Å². The van der Waals surface area contributed by atoms with Crippen molar-refractivity contribution in [2.75, 3.05) is 18.9 Å². The van der Waals surface area contributed by atoms with Gasteiger partial charge in [0.1, 0.15) is 16.4 Å². The summed E-state index contributed by atoms with van der Waals surface area (Å²) in [5.41, 5.74) is 1.33. The molecule has 2 aromatic rings. The topological polar surface area (TPSA) is 64.6 Å². The van der Waals surface area contributed by atoms with Crippen LogP contribution in [0.4, 0.5) is 5.69 Å². The molecular formula is C15H16BrNO4S. The van der Waals surface area contributed by atoms with Gasteiger partial charge in [0, 0.05) is 10.5 Å². The minimum absolute atomic E-state index is 0.0538. The second-order valence-electron chi connectivity index (χ2n) is 4.58. The molecular weight excluding hydrogens is 370 g/mol. The Hall–Kier alpha value is -1.73. The highest BCUT2D eigenvalue weighted by Crippen LogP contribution is 2.30. The van der Waals surface area contributed by atoms with Gasteiger partial charge in [-0.3, -0.25) is 4.72 Å². The molecule has 0 radical (unpaired) electrons. The number of ether oxygens (including phenoxy) is 2. The third kappa shape index (κ3) is 3.53. The smallest absolute Gasteiger partial charge is 0.265 e. The molecule has 7 heteroatoms. The van der Waals surface area contributed by atoms with E-state index in [2.05, 4.69) is 20.7 Å². The number of nitrogens with one attached hydrogen (secondary N) is 1. The Balaban J connectivity index is 2.42. The molecule has 1 N–H and O–H groups in total. The van der Waals surface area contributed by atoms with E-state index in [1.165, 1.54) is 26.4 Å². The molecule has 2 aromatic carbocycles. The number of hydrogen-bond donors (Lipinski definition) is 1. The number of methoxy groups -OCH3 is 2. The van der Waals surface area contributed by atoms with E-state index < -0.39 is 10.0 Å². The van der Waals surface area contributed by atoms with Crippen LogP contribution < -0.4 is 14.2 Å². The Kier molecular flexibility index (Phi) is 4.97. The fourth-order valence-corrected chi connectivity index (χ4v) is 3.70. The van der Waals surface area contributed by atoms with Crippen LogP contribution in [0.5, 0.6) is 11.5 Å². The second-order valence-corrected chi connectivity index (χ2v) is 7.15. The standard InChI is InChI=1S/C15H16BrNO4S/c1-10-8-11(16)4-6-13(10)17-22(18,19)15-7-5-12(20-2)9-14(15)21-3/h4-9,17H,1-3H3. The van der Waals surface area contributed by atoms with Crippen LogP contribution in [0.3, 0.4) is 0 Å². The lowest BCUT2D eigenvalue weighted by Gasteiger charge is -2.14. The summed E-state index contributed by atoms with van der Waals surface area (Å²) in [4.78, 5) is 0.0538. The van der Waals surface area contributed by atoms with Gasteiger partial charge in [0.15, 0.2) is 0 Å². The number of halogens is 1. The molecule has 0 unspecified atom stereocenters. The van der Waals surface area contributed by atoms with Crippen molar-refractivity contribution in [1.29, 1.82) is 0 Å². The molecule has 118 valence electrons. The lowest BCUT2D eigenvalue weighted by Crippen LogP contribution is -2.14. The highest BCUT2D eigenvalue weighted by Gasteiger charge is 2.21. The largest absolute Gasteiger partial charge is 0.497 e. The summed E-state index contributed by atoms with van der Waals surface area (Å²) in [5.74, 6) is 0.747. The van der Waals surface area contributed by atoms with Gasteiger partial charge in [-0.1, -0.05) is 15.9 Å². The van der Waals surface area contributed by atoms with Crippen molar-refractivity contribution in [3.63, 3.8) is 0 Å². The number of rotatable bonds is 5. The molecule has 0 aliphatic carbocycles. The Morgan fingerprint density at radius 3 is 2.36 bits per heavy atom. The fourth-order valence-electron chi connectivity index (χ4n) is 1.94. The molecule has 2 rings (SSSR count). The van der Waals surface area contributed by atoms with Gasteiger partial charge in [-0.05, 0) is 42.8 Å². The zero-order valence-electron chi connectivity index (χ0n) is 12.4. The maximum Gasteiger partial charge on any atom is 0.265 e. The predicted molar refractivity (Wildman–Crippen MR) is 89.2 cm³/mol. The summed E-state index contributed by atoms with van der Waals surface area (Å²) in [6.45, 7) is 1.83.